The Morgan fingerprint density at radius 3 is 2.33 bits per heavy atom. The van der Waals surface area contributed by atoms with Gasteiger partial charge in [-0.1, -0.05) is 13.8 Å². The van der Waals surface area contributed by atoms with Gasteiger partial charge in [-0.3, -0.25) is 4.79 Å². The Labute approximate surface area is 90.8 Å². The standard InChI is InChI=1S/C8H18N2O4S/c1-4-9-15(12,13)10(5-2)7-8(11)14-6-3/h9H,4-7H2,1-3H3. The van der Waals surface area contributed by atoms with E-state index < -0.39 is 16.2 Å². The minimum absolute atomic E-state index is 0.230. The molecule has 0 saturated carbocycles. The highest BCUT2D eigenvalue weighted by atomic mass is 32.2. The fourth-order valence-electron chi connectivity index (χ4n) is 0.991. The lowest BCUT2D eigenvalue weighted by molar-refractivity contribution is -0.143. The Morgan fingerprint density at radius 2 is 1.93 bits per heavy atom. The van der Waals surface area contributed by atoms with Crippen molar-refractivity contribution in [2.24, 2.45) is 0 Å². The van der Waals surface area contributed by atoms with Crippen LogP contribution >= 0.6 is 0 Å². The summed E-state index contributed by atoms with van der Waals surface area (Å²) in [6, 6.07) is 0. The van der Waals surface area contributed by atoms with E-state index in [4.69, 9.17) is 0 Å². The number of carbonyl (C=O) groups excluding carboxylic acids is 1. The zero-order valence-corrected chi connectivity index (χ0v) is 10.1. The highest BCUT2D eigenvalue weighted by molar-refractivity contribution is 7.87. The van der Waals surface area contributed by atoms with Gasteiger partial charge in [-0.15, -0.1) is 0 Å². The molecule has 0 aliphatic carbocycles. The molecule has 6 nitrogen and oxygen atoms in total. The van der Waals surface area contributed by atoms with E-state index in [0.29, 0.717) is 6.54 Å². The fourth-order valence-corrected chi connectivity index (χ4v) is 2.15. The molecule has 7 heteroatoms. The van der Waals surface area contributed by atoms with Crippen LogP contribution in [0.1, 0.15) is 20.8 Å². The summed E-state index contributed by atoms with van der Waals surface area (Å²) in [6.07, 6.45) is 0. The second kappa shape index (κ2) is 6.76. The maximum atomic E-state index is 11.5. The molecule has 0 unspecified atom stereocenters. The molecule has 0 rings (SSSR count). The van der Waals surface area contributed by atoms with E-state index in [9.17, 15) is 13.2 Å². The highest BCUT2D eigenvalue weighted by Crippen LogP contribution is 1.97. The van der Waals surface area contributed by atoms with Crippen LogP contribution in [0.25, 0.3) is 0 Å². The number of carbonyl (C=O) groups is 1. The van der Waals surface area contributed by atoms with Crippen LogP contribution in [0, 0.1) is 0 Å². The number of esters is 1. The van der Waals surface area contributed by atoms with Crippen LogP contribution in [0.5, 0.6) is 0 Å². The molecule has 0 aromatic rings. The molecule has 0 aliphatic rings. The summed E-state index contributed by atoms with van der Waals surface area (Å²) in [6.45, 7) is 5.53. The predicted octanol–water partition coefficient (Wildman–Crippen LogP) is -0.274. The van der Waals surface area contributed by atoms with Crippen molar-refractivity contribution in [1.29, 1.82) is 0 Å². The van der Waals surface area contributed by atoms with Crippen LogP contribution in [0.2, 0.25) is 0 Å². The molecule has 0 spiro atoms. The lowest BCUT2D eigenvalue weighted by Gasteiger charge is -2.19. The first-order chi connectivity index (χ1) is 6.97. The lowest BCUT2D eigenvalue weighted by atomic mass is 10.6. The molecule has 0 aliphatic heterocycles. The summed E-state index contributed by atoms with van der Waals surface area (Å²) >= 11 is 0. The first kappa shape index (κ1) is 14.3. The van der Waals surface area contributed by atoms with Gasteiger partial charge in [0.2, 0.25) is 0 Å². The topological polar surface area (TPSA) is 75.7 Å². The molecule has 90 valence electrons. The number of ether oxygens (including phenoxy) is 1. The molecule has 0 radical (unpaired) electrons. The fraction of sp³-hybridized carbons (Fsp3) is 0.875. The van der Waals surface area contributed by atoms with Gasteiger partial charge in [-0.05, 0) is 6.92 Å². The molecule has 0 aromatic heterocycles. The summed E-state index contributed by atoms with van der Waals surface area (Å²) < 4.78 is 31.0. The number of hydrogen-bond acceptors (Lipinski definition) is 4. The van der Waals surface area contributed by atoms with E-state index in [2.05, 4.69) is 9.46 Å². The molecule has 0 fully saturated rings. The normalized spacial score (nSPS) is 11.7. The van der Waals surface area contributed by atoms with Gasteiger partial charge >= 0.3 is 5.97 Å². The molecule has 0 saturated heterocycles. The Bertz CT molecular complexity index is 289. The average Bonchev–Trinajstić information content (AvgIpc) is 2.14. The number of nitrogens with zero attached hydrogens (tertiary/aromatic N) is 1. The second-order valence-electron chi connectivity index (χ2n) is 2.73. The van der Waals surface area contributed by atoms with Gasteiger partial charge in [0.05, 0.1) is 6.61 Å². The quantitative estimate of drug-likeness (QED) is 0.619. The Morgan fingerprint density at radius 1 is 1.33 bits per heavy atom. The van der Waals surface area contributed by atoms with Crippen molar-refractivity contribution in [3.05, 3.63) is 0 Å². The summed E-state index contributed by atoms with van der Waals surface area (Å²) in [5.41, 5.74) is 0. The number of rotatable bonds is 7. The lowest BCUT2D eigenvalue weighted by Crippen LogP contribution is -2.43. The van der Waals surface area contributed by atoms with Gasteiger partial charge in [0.1, 0.15) is 6.54 Å². The van der Waals surface area contributed by atoms with E-state index in [1.54, 1.807) is 20.8 Å². The molecule has 0 aromatic carbocycles. The van der Waals surface area contributed by atoms with Gasteiger partial charge in [0.15, 0.2) is 0 Å². The van der Waals surface area contributed by atoms with Crippen LogP contribution in [0.3, 0.4) is 0 Å². The van der Waals surface area contributed by atoms with Crippen LogP contribution in [-0.2, 0) is 19.7 Å². The maximum absolute atomic E-state index is 11.5. The van der Waals surface area contributed by atoms with Gasteiger partial charge in [0.25, 0.3) is 10.2 Å². The van der Waals surface area contributed by atoms with Crippen molar-refractivity contribution >= 4 is 16.2 Å². The molecule has 0 heterocycles. The molecule has 15 heavy (non-hydrogen) atoms. The van der Waals surface area contributed by atoms with E-state index >= 15 is 0 Å². The van der Waals surface area contributed by atoms with E-state index in [-0.39, 0.29) is 19.7 Å². The summed E-state index contributed by atoms with van der Waals surface area (Å²) in [5, 5.41) is 0. The summed E-state index contributed by atoms with van der Waals surface area (Å²) in [4.78, 5) is 11.1. The molecular formula is C8H18N2O4S. The van der Waals surface area contributed by atoms with Crippen LogP contribution in [0.15, 0.2) is 0 Å². The van der Waals surface area contributed by atoms with E-state index in [1.807, 2.05) is 0 Å². The number of nitrogens with one attached hydrogen (secondary N) is 1. The van der Waals surface area contributed by atoms with Gasteiger partial charge in [-0.2, -0.15) is 12.7 Å². The Balaban J connectivity index is 4.43. The van der Waals surface area contributed by atoms with Gasteiger partial charge < -0.3 is 4.74 Å². The smallest absolute Gasteiger partial charge is 0.321 e. The third-order valence-corrected chi connectivity index (χ3v) is 3.35. The SMILES string of the molecule is CCNS(=O)(=O)N(CC)CC(=O)OCC. The molecule has 0 atom stereocenters. The zero-order chi connectivity index (χ0) is 11.9. The zero-order valence-electron chi connectivity index (χ0n) is 9.32. The van der Waals surface area contributed by atoms with Crippen molar-refractivity contribution in [3.8, 4) is 0 Å². The molecular weight excluding hydrogens is 220 g/mol. The van der Waals surface area contributed by atoms with Crippen molar-refractivity contribution in [2.45, 2.75) is 20.8 Å². The third-order valence-electron chi connectivity index (χ3n) is 1.63. The van der Waals surface area contributed by atoms with E-state index in [1.165, 1.54) is 0 Å². The van der Waals surface area contributed by atoms with Crippen molar-refractivity contribution in [1.82, 2.24) is 9.03 Å². The number of likely N-dealkylation sites (N-methyl/N-ethyl adjacent to an activating group) is 1. The average molecular weight is 238 g/mol. The largest absolute Gasteiger partial charge is 0.465 e. The van der Waals surface area contributed by atoms with Crippen LogP contribution < -0.4 is 4.72 Å². The van der Waals surface area contributed by atoms with Gasteiger partial charge in [-0.25, -0.2) is 4.72 Å². The van der Waals surface area contributed by atoms with Crippen molar-refractivity contribution < 1.29 is 17.9 Å². The minimum atomic E-state index is -3.55. The maximum Gasteiger partial charge on any atom is 0.321 e. The number of hydrogen-bond donors (Lipinski definition) is 1. The van der Waals surface area contributed by atoms with Crippen LogP contribution in [-0.4, -0.2) is 44.9 Å². The molecule has 1 N–H and O–H groups in total. The third kappa shape index (κ3) is 5.10. The first-order valence-corrected chi connectivity index (χ1v) is 6.32. The molecule has 0 amide bonds. The first-order valence-electron chi connectivity index (χ1n) is 4.88. The summed E-state index contributed by atoms with van der Waals surface area (Å²) in [7, 11) is -3.55. The van der Waals surface area contributed by atoms with E-state index in [0.717, 1.165) is 4.31 Å². The second-order valence-corrected chi connectivity index (χ2v) is 4.49. The summed E-state index contributed by atoms with van der Waals surface area (Å²) in [5.74, 6) is -0.541. The molecule has 0 bridgehead atoms. The highest BCUT2D eigenvalue weighted by Gasteiger charge is 2.22. The minimum Gasteiger partial charge on any atom is -0.465 e. The Hall–Kier alpha value is -0.660. The van der Waals surface area contributed by atoms with Crippen molar-refractivity contribution in [2.75, 3.05) is 26.2 Å². The predicted molar refractivity (Wildman–Crippen MR) is 56.5 cm³/mol. The monoisotopic (exact) mass is 238 g/mol. The Kier molecular flexibility index (Phi) is 6.46. The van der Waals surface area contributed by atoms with Gasteiger partial charge in [0, 0.05) is 13.1 Å². The van der Waals surface area contributed by atoms with Crippen molar-refractivity contribution in [3.63, 3.8) is 0 Å². The van der Waals surface area contributed by atoms with Crippen LogP contribution in [0.4, 0.5) is 0 Å².